The van der Waals surface area contributed by atoms with Gasteiger partial charge in [-0.25, -0.2) is 0 Å². The molecule has 0 aliphatic heterocycles. The number of halogens is 1. The van der Waals surface area contributed by atoms with Crippen LogP contribution in [0.1, 0.15) is 35.2 Å². The lowest BCUT2D eigenvalue weighted by Crippen LogP contribution is -2.05. The summed E-state index contributed by atoms with van der Waals surface area (Å²) in [4.78, 5) is 12.4. The average Bonchev–Trinajstić information content (AvgIpc) is 2.54. The van der Waals surface area contributed by atoms with E-state index in [2.05, 4.69) is 0 Å². The van der Waals surface area contributed by atoms with E-state index < -0.39 is 0 Å². The van der Waals surface area contributed by atoms with Gasteiger partial charge >= 0.3 is 0 Å². The minimum absolute atomic E-state index is 0.0628. The number of carbonyl (C=O) groups is 1. The van der Waals surface area contributed by atoms with Crippen LogP contribution in [0.2, 0.25) is 5.02 Å². The van der Waals surface area contributed by atoms with Gasteiger partial charge in [-0.2, -0.15) is 0 Å². The van der Waals surface area contributed by atoms with E-state index >= 15 is 0 Å². The number of methoxy groups -OCH3 is 2. The molecule has 2 aromatic rings. The molecule has 3 nitrogen and oxygen atoms in total. The van der Waals surface area contributed by atoms with Crippen LogP contribution in [0, 0.1) is 0 Å². The average molecular weight is 319 g/mol. The van der Waals surface area contributed by atoms with Crippen molar-refractivity contribution < 1.29 is 14.3 Å². The van der Waals surface area contributed by atoms with Crippen molar-refractivity contribution >= 4 is 17.4 Å². The molecule has 0 saturated heterocycles. The van der Waals surface area contributed by atoms with Gasteiger partial charge < -0.3 is 9.47 Å². The second-order valence-corrected chi connectivity index (χ2v) is 5.56. The lowest BCUT2D eigenvalue weighted by Gasteiger charge is -2.12. The van der Waals surface area contributed by atoms with E-state index in [1.165, 1.54) is 0 Å². The molecule has 0 aromatic heterocycles. The van der Waals surface area contributed by atoms with Crippen LogP contribution in [-0.2, 0) is 0 Å². The van der Waals surface area contributed by atoms with Crippen molar-refractivity contribution in [2.24, 2.45) is 0 Å². The first-order chi connectivity index (χ1) is 10.5. The Labute approximate surface area is 135 Å². The highest BCUT2D eigenvalue weighted by Crippen LogP contribution is 2.28. The highest BCUT2D eigenvalue weighted by atomic mass is 35.5. The topological polar surface area (TPSA) is 35.5 Å². The zero-order valence-corrected chi connectivity index (χ0v) is 13.7. The normalized spacial score (nSPS) is 11.8. The summed E-state index contributed by atoms with van der Waals surface area (Å²) in [6.07, 6.45) is 0.426. The molecule has 0 heterocycles. The molecule has 0 bridgehead atoms. The van der Waals surface area contributed by atoms with E-state index in [0.717, 1.165) is 11.3 Å². The maximum absolute atomic E-state index is 12.4. The predicted octanol–water partition coefficient (Wildman–Crippen LogP) is 4.73. The number of rotatable bonds is 6. The highest BCUT2D eigenvalue weighted by Gasteiger charge is 2.14. The Morgan fingerprint density at radius 3 is 2.32 bits per heavy atom. The molecule has 4 heteroatoms. The lowest BCUT2D eigenvalue weighted by molar-refractivity contribution is 0.0975. The van der Waals surface area contributed by atoms with Crippen LogP contribution in [0.3, 0.4) is 0 Å². The molecule has 0 radical (unpaired) electrons. The van der Waals surface area contributed by atoms with Crippen LogP contribution < -0.4 is 9.47 Å². The molecule has 22 heavy (non-hydrogen) atoms. The fourth-order valence-electron chi connectivity index (χ4n) is 2.29. The zero-order chi connectivity index (χ0) is 16.1. The van der Waals surface area contributed by atoms with Crippen molar-refractivity contribution in [3.8, 4) is 11.5 Å². The van der Waals surface area contributed by atoms with Crippen molar-refractivity contribution in [3.05, 3.63) is 58.6 Å². The van der Waals surface area contributed by atoms with Gasteiger partial charge in [-0.15, -0.1) is 0 Å². The molecule has 0 spiro atoms. The van der Waals surface area contributed by atoms with Gasteiger partial charge in [0.25, 0.3) is 0 Å². The Hall–Kier alpha value is -2.00. The summed E-state index contributed by atoms with van der Waals surface area (Å²) in [6, 6.07) is 12.9. The van der Waals surface area contributed by atoms with Crippen LogP contribution in [-0.4, -0.2) is 20.0 Å². The number of ketones is 1. The molecule has 2 rings (SSSR count). The molecule has 0 N–H and O–H groups in total. The molecule has 0 unspecified atom stereocenters. The van der Waals surface area contributed by atoms with E-state index in [0.29, 0.717) is 22.8 Å². The maximum Gasteiger partial charge on any atom is 0.163 e. The van der Waals surface area contributed by atoms with Crippen LogP contribution in [0.25, 0.3) is 0 Å². The van der Waals surface area contributed by atoms with Gasteiger partial charge in [0.15, 0.2) is 5.78 Å². The number of ether oxygens (including phenoxy) is 2. The summed E-state index contributed by atoms with van der Waals surface area (Å²) < 4.78 is 10.2. The first-order valence-electron chi connectivity index (χ1n) is 7.06. The first kappa shape index (κ1) is 16.4. The number of benzene rings is 2. The summed E-state index contributed by atoms with van der Waals surface area (Å²) in [6.45, 7) is 2.03. The van der Waals surface area contributed by atoms with E-state index in [4.69, 9.17) is 21.1 Å². The molecule has 0 aliphatic carbocycles. The number of hydrogen-bond acceptors (Lipinski definition) is 3. The molecular formula is C18H19ClO3. The van der Waals surface area contributed by atoms with Gasteiger partial charge in [-0.1, -0.05) is 30.7 Å². The van der Waals surface area contributed by atoms with E-state index in [1.54, 1.807) is 32.4 Å². The zero-order valence-electron chi connectivity index (χ0n) is 12.9. The molecule has 116 valence electrons. The molecule has 2 aromatic carbocycles. The van der Waals surface area contributed by atoms with Gasteiger partial charge in [0, 0.05) is 12.0 Å². The summed E-state index contributed by atoms with van der Waals surface area (Å²) in [5.74, 6) is 1.57. The van der Waals surface area contributed by atoms with Crippen molar-refractivity contribution in [1.29, 1.82) is 0 Å². The Bertz CT molecular complexity index is 650. The Kier molecular flexibility index (Phi) is 5.45. The van der Waals surface area contributed by atoms with Crippen molar-refractivity contribution in [2.75, 3.05) is 14.2 Å². The number of hydrogen-bond donors (Lipinski definition) is 0. The lowest BCUT2D eigenvalue weighted by atomic mass is 9.93. The smallest absolute Gasteiger partial charge is 0.163 e. The van der Waals surface area contributed by atoms with Crippen molar-refractivity contribution in [3.63, 3.8) is 0 Å². The summed E-state index contributed by atoms with van der Waals surface area (Å²) >= 11 is 6.07. The number of carbonyl (C=O) groups excluding carboxylic acids is 1. The van der Waals surface area contributed by atoms with Crippen molar-refractivity contribution in [2.45, 2.75) is 19.3 Å². The third-order valence-electron chi connectivity index (χ3n) is 3.65. The maximum atomic E-state index is 12.4. The third-order valence-corrected chi connectivity index (χ3v) is 3.95. The van der Waals surface area contributed by atoms with Crippen LogP contribution in [0.5, 0.6) is 11.5 Å². The number of Topliss-reactive ketones (excluding diaryl/α,β-unsaturated/α-hetero) is 1. The molecule has 0 aliphatic rings. The highest BCUT2D eigenvalue weighted by molar-refractivity contribution is 6.32. The minimum Gasteiger partial charge on any atom is -0.497 e. The Morgan fingerprint density at radius 1 is 1.09 bits per heavy atom. The van der Waals surface area contributed by atoms with Gasteiger partial charge in [0.05, 0.1) is 19.2 Å². The second-order valence-electron chi connectivity index (χ2n) is 5.15. The monoisotopic (exact) mass is 318 g/mol. The first-order valence-corrected chi connectivity index (χ1v) is 7.43. The molecule has 0 fully saturated rings. The second kappa shape index (κ2) is 7.32. The Morgan fingerprint density at radius 2 is 1.77 bits per heavy atom. The summed E-state index contributed by atoms with van der Waals surface area (Å²) in [5, 5.41) is 0.449. The van der Waals surface area contributed by atoms with E-state index in [9.17, 15) is 4.79 Å². The standard InChI is InChI=1S/C18H19ClO3/c1-12(13-4-7-15(21-2)8-5-13)10-17(20)14-6-9-18(22-3)16(19)11-14/h4-9,11-12H,10H2,1-3H3/t12-/m0/s1. The van der Waals surface area contributed by atoms with Crippen LogP contribution >= 0.6 is 11.6 Å². The Balaban J connectivity index is 2.08. The van der Waals surface area contributed by atoms with E-state index in [1.807, 2.05) is 31.2 Å². The quantitative estimate of drug-likeness (QED) is 0.722. The molecule has 0 saturated carbocycles. The van der Waals surface area contributed by atoms with Crippen LogP contribution in [0.15, 0.2) is 42.5 Å². The fourth-order valence-corrected chi connectivity index (χ4v) is 2.54. The van der Waals surface area contributed by atoms with Gasteiger partial charge in [-0.05, 0) is 41.8 Å². The molecular weight excluding hydrogens is 300 g/mol. The summed E-state index contributed by atoms with van der Waals surface area (Å²) in [5.41, 5.74) is 1.71. The van der Waals surface area contributed by atoms with Gasteiger partial charge in [0.1, 0.15) is 11.5 Å². The van der Waals surface area contributed by atoms with E-state index in [-0.39, 0.29) is 11.7 Å². The van der Waals surface area contributed by atoms with Crippen molar-refractivity contribution in [1.82, 2.24) is 0 Å². The van der Waals surface area contributed by atoms with Gasteiger partial charge in [0.2, 0.25) is 0 Å². The third kappa shape index (κ3) is 3.80. The fraction of sp³-hybridized carbons (Fsp3) is 0.278. The van der Waals surface area contributed by atoms with Crippen LogP contribution in [0.4, 0.5) is 0 Å². The minimum atomic E-state index is 0.0628. The SMILES string of the molecule is COc1ccc([C@@H](C)CC(=O)c2ccc(OC)c(Cl)c2)cc1. The molecule has 1 atom stereocenters. The van der Waals surface area contributed by atoms with Gasteiger partial charge in [-0.3, -0.25) is 4.79 Å². The molecule has 0 amide bonds. The largest absolute Gasteiger partial charge is 0.497 e. The summed E-state index contributed by atoms with van der Waals surface area (Å²) in [7, 11) is 3.18. The predicted molar refractivity (Wildman–Crippen MR) is 88.4 cm³/mol.